The molecule has 0 fully saturated rings. The average molecular weight is 367 g/mol. The van der Waals surface area contributed by atoms with Crippen LogP contribution in [0.4, 0.5) is 5.69 Å². The summed E-state index contributed by atoms with van der Waals surface area (Å²) in [5.74, 6) is -1.30. The Bertz CT molecular complexity index is 1090. The lowest BCUT2D eigenvalue weighted by Gasteiger charge is -2.14. The standard InChI is InChI=1S/C19H17N3O5/c1-2-27-14-11-7-6-10-13(14)22-18(25)15(17(24)21-19(22)26)16(23)20-12-8-4-3-5-9-12/h3-11,25H,2H2,1H3,(H,20,23)(H,21,24,26). The van der Waals surface area contributed by atoms with Crippen molar-refractivity contribution in [1.82, 2.24) is 9.55 Å². The lowest BCUT2D eigenvalue weighted by Crippen LogP contribution is -2.34. The van der Waals surface area contributed by atoms with Crippen LogP contribution >= 0.6 is 0 Å². The Morgan fingerprint density at radius 2 is 1.78 bits per heavy atom. The van der Waals surface area contributed by atoms with E-state index in [4.69, 9.17) is 4.74 Å². The van der Waals surface area contributed by atoms with Crippen molar-refractivity contribution in [1.29, 1.82) is 0 Å². The molecule has 8 heteroatoms. The number of rotatable bonds is 5. The number of hydrogen-bond acceptors (Lipinski definition) is 5. The summed E-state index contributed by atoms with van der Waals surface area (Å²) in [6, 6.07) is 14.9. The smallest absolute Gasteiger partial charge is 0.335 e. The first kappa shape index (κ1) is 18.0. The summed E-state index contributed by atoms with van der Waals surface area (Å²) >= 11 is 0. The number of amides is 1. The van der Waals surface area contributed by atoms with Crippen LogP contribution in [0, 0.1) is 0 Å². The molecule has 0 spiro atoms. The largest absolute Gasteiger partial charge is 0.493 e. The molecular formula is C19H17N3O5. The second kappa shape index (κ2) is 7.61. The Morgan fingerprint density at radius 3 is 2.48 bits per heavy atom. The van der Waals surface area contributed by atoms with Gasteiger partial charge in [0.15, 0.2) is 5.56 Å². The molecule has 1 heterocycles. The first-order valence-electron chi connectivity index (χ1n) is 8.19. The van der Waals surface area contributed by atoms with E-state index in [2.05, 4.69) is 10.3 Å². The van der Waals surface area contributed by atoms with Gasteiger partial charge in [0.25, 0.3) is 11.5 Å². The van der Waals surface area contributed by atoms with Crippen LogP contribution in [-0.2, 0) is 0 Å². The summed E-state index contributed by atoms with van der Waals surface area (Å²) in [7, 11) is 0. The van der Waals surface area contributed by atoms with E-state index >= 15 is 0 Å². The third-order valence-electron chi connectivity index (χ3n) is 3.75. The number of aromatic nitrogens is 2. The molecule has 3 rings (SSSR count). The van der Waals surface area contributed by atoms with Crippen LogP contribution in [0.1, 0.15) is 17.3 Å². The van der Waals surface area contributed by atoms with Crippen molar-refractivity contribution >= 4 is 11.6 Å². The molecule has 3 N–H and O–H groups in total. The molecule has 0 bridgehead atoms. The van der Waals surface area contributed by atoms with Crippen LogP contribution in [0.25, 0.3) is 5.69 Å². The van der Waals surface area contributed by atoms with Gasteiger partial charge < -0.3 is 15.2 Å². The number of nitrogens with zero attached hydrogens (tertiary/aromatic N) is 1. The Kier molecular flexibility index (Phi) is 5.07. The number of carbonyl (C=O) groups is 1. The van der Waals surface area contributed by atoms with Gasteiger partial charge in [-0.25, -0.2) is 9.36 Å². The highest BCUT2D eigenvalue weighted by molar-refractivity contribution is 6.05. The molecule has 1 amide bonds. The van der Waals surface area contributed by atoms with Gasteiger partial charge in [0.2, 0.25) is 5.88 Å². The Labute approximate surface area is 153 Å². The minimum atomic E-state index is -0.990. The molecule has 0 aliphatic carbocycles. The van der Waals surface area contributed by atoms with E-state index in [1.165, 1.54) is 6.07 Å². The zero-order valence-electron chi connectivity index (χ0n) is 14.4. The van der Waals surface area contributed by atoms with Crippen molar-refractivity contribution < 1.29 is 14.6 Å². The van der Waals surface area contributed by atoms with Crippen molar-refractivity contribution in [2.75, 3.05) is 11.9 Å². The third-order valence-corrected chi connectivity index (χ3v) is 3.75. The summed E-state index contributed by atoms with van der Waals surface area (Å²) in [6.45, 7) is 2.10. The maximum atomic E-state index is 12.5. The van der Waals surface area contributed by atoms with Crippen molar-refractivity contribution in [3.63, 3.8) is 0 Å². The van der Waals surface area contributed by atoms with E-state index in [0.717, 1.165) is 4.57 Å². The molecule has 0 atom stereocenters. The zero-order chi connectivity index (χ0) is 19.4. The fraction of sp³-hybridized carbons (Fsp3) is 0.105. The average Bonchev–Trinajstić information content (AvgIpc) is 2.63. The molecule has 0 aliphatic rings. The normalized spacial score (nSPS) is 10.4. The van der Waals surface area contributed by atoms with E-state index in [9.17, 15) is 19.5 Å². The van der Waals surface area contributed by atoms with Gasteiger partial charge in [0, 0.05) is 5.69 Å². The van der Waals surface area contributed by atoms with Crippen LogP contribution in [0.3, 0.4) is 0 Å². The number of para-hydroxylation sites is 3. The molecule has 3 aromatic rings. The number of carbonyl (C=O) groups excluding carboxylic acids is 1. The molecule has 0 unspecified atom stereocenters. The van der Waals surface area contributed by atoms with E-state index in [1.54, 1.807) is 55.5 Å². The van der Waals surface area contributed by atoms with Crippen LogP contribution in [0.5, 0.6) is 11.6 Å². The Balaban J connectivity index is 2.13. The number of H-pyrrole nitrogens is 1. The van der Waals surface area contributed by atoms with Gasteiger partial charge in [-0.15, -0.1) is 0 Å². The monoisotopic (exact) mass is 367 g/mol. The van der Waals surface area contributed by atoms with Gasteiger partial charge in [-0.3, -0.25) is 14.6 Å². The van der Waals surface area contributed by atoms with Crippen molar-refractivity contribution in [2.24, 2.45) is 0 Å². The van der Waals surface area contributed by atoms with Gasteiger partial charge in [0.05, 0.1) is 12.3 Å². The van der Waals surface area contributed by atoms with Crippen molar-refractivity contribution in [2.45, 2.75) is 6.92 Å². The van der Waals surface area contributed by atoms with E-state index in [0.29, 0.717) is 18.0 Å². The number of anilines is 1. The maximum Gasteiger partial charge on any atom is 0.335 e. The fourth-order valence-electron chi connectivity index (χ4n) is 2.59. The second-order valence-electron chi connectivity index (χ2n) is 5.51. The highest BCUT2D eigenvalue weighted by atomic mass is 16.5. The fourth-order valence-corrected chi connectivity index (χ4v) is 2.59. The molecule has 0 saturated carbocycles. The van der Waals surface area contributed by atoms with Gasteiger partial charge in [-0.1, -0.05) is 30.3 Å². The topological polar surface area (TPSA) is 113 Å². The number of nitrogens with one attached hydrogen (secondary N) is 2. The Morgan fingerprint density at radius 1 is 1.11 bits per heavy atom. The SMILES string of the molecule is CCOc1ccccc1-n1c(O)c(C(=O)Nc2ccccc2)c(=O)[nH]c1=O. The van der Waals surface area contributed by atoms with Crippen LogP contribution in [-0.4, -0.2) is 27.2 Å². The van der Waals surface area contributed by atoms with Crippen molar-refractivity contribution in [3.8, 4) is 17.3 Å². The first-order chi connectivity index (χ1) is 13.0. The van der Waals surface area contributed by atoms with Gasteiger partial charge in [-0.05, 0) is 31.2 Å². The third kappa shape index (κ3) is 3.59. The predicted octanol–water partition coefficient (Wildman–Crippen LogP) is 1.88. The maximum absolute atomic E-state index is 12.5. The number of aromatic hydroxyl groups is 1. The second-order valence-corrected chi connectivity index (χ2v) is 5.51. The minimum absolute atomic E-state index is 0.201. The molecule has 27 heavy (non-hydrogen) atoms. The molecular weight excluding hydrogens is 350 g/mol. The lowest BCUT2D eigenvalue weighted by molar-refractivity contribution is 0.102. The molecule has 0 radical (unpaired) electrons. The summed E-state index contributed by atoms with van der Waals surface area (Å²) < 4.78 is 6.29. The molecule has 8 nitrogen and oxygen atoms in total. The summed E-state index contributed by atoms with van der Waals surface area (Å²) in [6.07, 6.45) is 0. The van der Waals surface area contributed by atoms with E-state index < -0.39 is 28.6 Å². The van der Waals surface area contributed by atoms with Crippen LogP contribution < -0.4 is 21.3 Å². The quantitative estimate of drug-likeness (QED) is 0.637. The highest BCUT2D eigenvalue weighted by Crippen LogP contribution is 2.25. The molecule has 0 saturated heterocycles. The molecule has 0 aliphatic heterocycles. The summed E-state index contributed by atoms with van der Waals surface area (Å²) in [5.41, 5.74) is -1.82. The molecule has 138 valence electrons. The highest BCUT2D eigenvalue weighted by Gasteiger charge is 2.23. The minimum Gasteiger partial charge on any atom is -0.493 e. The Hall–Kier alpha value is -3.81. The summed E-state index contributed by atoms with van der Waals surface area (Å²) in [5, 5.41) is 13.1. The number of ether oxygens (including phenoxy) is 1. The number of benzene rings is 2. The van der Waals surface area contributed by atoms with Gasteiger partial charge in [0.1, 0.15) is 5.75 Å². The zero-order valence-corrected chi connectivity index (χ0v) is 14.4. The van der Waals surface area contributed by atoms with Crippen LogP contribution in [0.2, 0.25) is 0 Å². The molecule has 2 aromatic carbocycles. The van der Waals surface area contributed by atoms with Crippen molar-refractivity contribution in [3.05, 3.63) is 81.0 Å². The lowest BCUT2D eigenvalue weighted by atomic mass is 10.2. The van der Waals surface area contributed by atoms with Crippen LogP contribution in [0.15, 0.2) is 64.2 Å². The number of hydrogen-bond donors (Lipinski definition) is 3. The van der Waals surface area contributed by atoms with Gasteiger partial charge in [-0.2, -0.15) is 0 Å². The number of aromatic amines is 1. The van der Waals surface area contributed by atoms with E-state index in [1.807, 2.05) is 0 Å². The molecule has 1 aromatic heterocycles. The summed E-state index contributed by atoms with van der Waals surface area (Å²) in [4.78, 5) is 39.1. The van der Waals surface area contributed by atoms with E-state index in [-0.39, 0.29) is 5.69 Å². The first-order valence-corrected chi connectivity index (χ1v) is 8.19. The van der Waals surface area contributed by atoms with Gasteiger partial charge >= 0.3 is 5.69 Å². The predicted molar refractivity (Wildman–Crippen MR) is 99.9 cm³/mol.